The molecule has 3 aromatic heterocycles. The van der Waals surface area contributed by atoms with Crippen molar-refractivity contribution in [3.8, 4) is 0 Å². The number of carbonyl (C=O) groups excluding carboxylic acids is 1. The third-order valence-electron chi connectivity index (χ3n) is 4.04. The molecule has 0 radical (unpaired) electrons. The Morgan fingerprint density at radius 3 is 2.84 bits per heavy atom. The van der Waals surface area contributed by atoms with Crippen LogP contribution in [0.1, 0.15) is 45.7 Å². The lowest BCUT2D eigenvalue weighted by molar-refractivity contribution is 0.0723. The summed E-state index contributed by atoms with van der Waals surface area (Å²) in [6, 6.07) is 9.70. The molecule has 0 atom stereocenters. The van der Waals surface area contributed by atoms with Crippen molar-refractivity contribution in [1.82, 2.24) is 20.1 Å². The second-order valence-corrected chi connectivity index (χ2v) is 7.04. The lowest BCUT2D eigenvalue weighted by Crippen LogP contribution is -2.30. The van der Waals surface area contributed by atoms with Crippen LogP contribution in [0.4, 0.5) is 0 Å². The molecule has 0 fully saturated rings. The summed E-state index contributed by atoms with van der Waals surface area (Å²) in [7, 11) is 0. The number of carbonyl (C=O) groups is 1. The van der Waals surface area contributed by atoms with E-state index in [0.29, 0.717) is 18.8 Å². The molecule has 6 heteroatoms. The van der Waals surface area contributed by atoms with Crippen molar-refractivity contribution in [2.45, 2.75) is 39.8 Å². The average Bonchev–Trinajstić information content (AvgIpc) is 3.24. The molecule has 0 aliphatic carbocycles. The summed E-state index contributed by atoms with van der Waals surface area (Å²) >= 11 is 1.67. The van der Waals surface area contributed by atoms with Crippen LogP contribution in [0.2, 0.25) is 0 Å². The van der Waals surface area contributed by atoms with Gasteiger partial charge in [0.2, 0.25) is 0 Å². The summed E-state index contributed by atoms with van der Waals surface area (Å²) in [6.07, 6.45) is 3.66. The number of pyridine rings is 1. The largest absolute Gasteiger partial charge is 0.326 e. The fourth-order valence-electron chi connectivity index (χ4n) is 2.66. The Morgan fingerprint density at radius 1 is 1.28 bits per heavy atom. The molecule has 25 heavy (non-hydrogen) atoms. The summed E-state index contributed by atoms with van der Waals surface area (Å²) in [5.74, 6) is -0.0722. The SMILES string of the molecule is CCCc1cc(C(=O)N(Cc2ccccn2)Cc2sccc2C)n[nH]1. The summed E-state index contributed by atoms with van der Waals surface area (Å²) in [4.78, 5) is 20.4. The summed E-state index contributed by atoms with van der Waals surface area (Å²) in [6.45, 7) is 5.21. The Labute approximate surface area is 151 Å². The Hall–Kier alpha value is -2.47. The average molecular weight is 354 g/mol. The zero-order valence-electron chi connectivity index (χ0n) is 14.5. The fraction of sp³-hybridized carbons (Fsp3) is 0.316. The number of rotatable bonds is 7. The van der Waals surface area contributed by atoms with Crippen molar-refractivity contribution in [1.29, 1.82) is 0 Å². The third-order valence-corrected chi connectivity index (χ3v) is 5.05. The van der Waals surface area contributed by atoms with Gasteiger partial charge in [-0.3, -0.25) is 14.9 Å². The number of nitrogens with one attached hydrogen (secondary N) is 1. The Kier molecular flexibility index (Phi) is 5.60. The van der Waals surface area contributed by atoms with Crippen molar-refractivity contribution in [3.05, 3.63) is 69.4 Å². The van der Waals surface area contributed by atoms with Gasteiger partial charge >= 0.3 is 0 Å². The maximum atomic E-state index is 13.0. The maximum Gasteiger partial charge on any atom is 0.275 e. The molecule has 0 unspecified atom stereocenters. The number of nitrogens with zero attached hydrogens (tertiary/aromatic N) is 3. The Bertz CT molecular complexity index is 825. The van der Waals surface area contributed by atoms with Crippen molar-refractivity contribution in [3.63, 3.8) is 0 Å². The first-order valence-electron chi connectivity index (χ1n) is 8.43. The number of aromatic nitrogens is 3. The molecule has 0 aliphatic rings. The molecular formula is C19H22N4OS. The molecular weight excluding hydrogens is 332 g/mol. The molecule has 3 heterocycles. The highest BCUT2D eigenvalue weighted by Gasteiger charge is 2.21. The molecule has 0 saturated heterocycles. The second-order valence-electron chi connectivity index (χ2n) is 6.04. The first kappa shape index (κ1) is 17.4. The number of hydrogen-bond acceptors (Lipinski definition) is 4. The van der Waals surface area contributed by atoms with Gasteiger partial charge < -0.3 is 4.90 Å². The predicted octanol–water partition coefficient (Wildman–Crippen LogP) is 3.97. The van der Waals surface area contributed by atoms with Crippen LogP contribution in [-0.2, 0) is 19.5 Å². The zero-order chi connectivity index (χ0) is 17.6. The van der Waals surface area contributed by atoms with Crippen LogP contribution < -0.4 is 0 Å². The number of amides is 1. The van der Waals surface area contributed by atoms with E-state index in [9.17, 15) is 4.79 Å². The second kappa shape index (κ2) is 8.07. The van der Waals surface area contributed by atoms with Crippen LogP contribution >= 0.6 is 11.3 Å². The van der Waals surface area contributed by atoms with Gasteiger partial charge in [-0.25, -0.2) is 0 Å². The molecule has 3 aromatic rings. The first-order valence-corrected chi connectivity index (χ1v) is 9.31. The number of aryl methyl sites for hydroxylation is 2. The summed E-state index contributed by atoms with van der Waals surface area (Å²) in [5.41, 5.74) is 3.54. The van der Waals surface area contributed by atoms with E-state index < -0.39 is 0 Å². The van der Waals surface area contributed by atoms with E-state index in [1.54, 1.807) is 17.5 Å². The van der Waals surface area contributed by atoms with Crippen LogP contribution in [0, 0.1) is 6.92 Å². The van der Waals surface area contributed by atoms with E-state index in [4.69, 9.17) is 0 Å². The Balaban J connectivity index is 1.83. The number of hydrogen-bond donors (Lipinski definition) is 1. The quantitative estimate of drug-likeness (QED) is 0.698. The van der Waals surface area contributed by atoms with Gasteiger partial charge in [0.15, 0.2) is 0 Å². The van der Waals surface area contributed by atoms with Crippen molar-refractivity contribution < 1.29 is 4.79 Å². The molecule has 0 aromatic carbocycles. The van der Waals surface area contributed by atoms with Crippen molar-refractivity contribution in [2.75, 3.05) is 0 Å². The van der Waals surface area contributed by atoms with Gasteiger partial charge in [-0.15, -0.1) is 11.3 Å². The van der Waals surface area contributed by atoms with Gasteiger partial charge in [0, 0.05) is 16.8 Å². The van der Waals surface area contributed by atoms with E-state index in [-0.39, 0.29) is 5.91 Å². The third kappa shape index (κ3) is 4.33. The van der Waals surface area contributed by atoms with Gasteiger partial charge in [-0.1, -0.05) is 19.4 Å². The van der Waals surface area contributed by atoms with E-state index in [2.05, 4.69) is 40.5 Å². The van der Waals surface area contributed by atoms with Crippen LogP contribution in [-0.4, -0.2) is 26.0 Å². The molecule has 0 spiro atoms. The van der Waals surface area contributed by atoms with E-state index >= 15 is 0 Å². The zero-order valence-corrected chi connectivity index (χ0v) is 15.3. The van der Waals surface area contributed by atoms with Gasteiger partial charge in [0.25, 0.3) is 5.91 Å². The maximum absolute atomic E-state index is 13.0. The molecule has 1 amide bonds. The topological polar surface area (TPSA) is 61.9 Å². The molecule has 0 saturated carbocycles. The molecule has 3 rings (SSSR count). The van der Waals surface area contributed by atoms with Crippen LogP contribution in [0.25, 0.3) is 0 Å². The van der Waals surface area contributed by atoms with Gasteiger partial charge in [0.05, 0.1) is 18.8 Å². The van der Waals surface area contributed by atoms with Crippen molar-refractivity contribution in [2.24, 2.45) is 0 Å². The van der Waals surface area contributed by atoms with Crippen molar-refractivity contribution >= 4 is 17.2 Å². The minimum atomic E-state index is -0.0722. The Morgan fingerprint density at radius 2 is 2.16 bits per heavy atom. The molecule has 130 valence electrons. The number of thiophene rings is 1. The highest BCUT2D eigenvalue weighted by molar-refractivity contribution is 7.10. The van der Waals surface area contributed by atoms with E-state index in [0.717, 1.165) is 24.2 Å². The molecule has 0 aliphatic heterocycles. The smallest absolute Gasteiger partial charge is 0.275 e. The van der Waals surface area contributed by atoms with E-state index in [1.165, 1.54) is 10.4 Å². The predicted molar refractivity (Wildman–Crippen MR) is 99.5 cm³/mol. The summed E-state index contributed by atoms with van der Waals surface area (Å²) < 4.78 is 0. The van der Waals surface area contributed by atoms with Crippen LogP contribution in [0.15, 0.2) is 41.9 Å². The standard InChI is InChI=1S/C19H22N4OS/c1-3-6-15-11-17(22-21-15)19(24)23(12-16-7-4-5-9-20-16)13-18-14(2)8-10-25-18/h4-5,7-11H,3,6,12-13H2,1-2H3,(H,21,22). The minimum absolute atomic E-state index is 0.0722. The first-order chi connectivity index (χ1) is 12.2. The van der Waals surface area contributed by atoms with Gasteiger partial charge in [-0.05, 0) is 48.6 Å². The van der Waals surface area contributed by atoms with Gasteiger partial charge in [0.1, 0.15) is 5.69 Å². The normalized spacial score (nSPS) is 10.8. The lowest BCUT2D eigenvalue weighted by atomic mass is 10.2. The van der Waals surface area contributed by atoms with Crippen LogP contribution in [0.5, 0.6) is 0 Å². The lowest BCUT2D eigenvalue weighted by Gasteiger charge is -2.21. The van der Waals surface area contributed by atoms with E-state index in [1.807, 2.05) is 29.2 Å². The van der Waals surface area contributed by atoms with Gasteiger partial charge in [-0.2, -0.15) is 5.10 Å². The summed E-state index contributed by atoms with van der Waals surface area (Å²) in [5, 5.41) is 9.24. The monoisotopic (exact) mass is 354 g/mol. The molecule has 0 bridgehead atoms. The number of aromatic amines is 1. The molecule has 5 nitrogen and oxygen atoms in total. The van der Waals surface area contributed by atoms with Crippen LogP contribution in [0.3, 0.4) is 0 Å². The minimum Gasteiger partial charge on any atom is -0.326 e. The highest BCUT2D eigenvalue weighted by Crippen LogP contribution is 2.20. The molecule has 1 N–H and O–H groups in total. The highest BCUT2D eigenvalue weighted by atomic mass is 32.1. The fourth-order valence-corrected chi connectivity index (χ4v) is 3.58. The number of H-pyrrole nitrogens is 1.